The van der Waals surface area contributed by atoms with Crippen LogP contribution in [0.25, 0.3) is 0 Å². The third kappa shape index (κ3) is 3.85. The highest BCUT2D eigenvalue weighted by Gasteiger charge is 2.13. The lowest BCUT2D eigenvalue weighted by Gasteiger charge is -2.08. The van der Waals surface area contributed by atoms with Crippen LogP contribution in [0.1, 0.15) is 27.9 Å². The Kier molecular flexibility index (Phi) is 5.15. The summed E-state index contributed by atoms with van der Waals surface area (Å²) in [5.41, 5.74) is 2.08. The molecule has 0 spiro atoms. The van der Waals surface area contributed by atoms with E-state index in [2.05, 4.69) is 20.7 Å². The Balaban J connectivity index is 3.01. The van der Waals surface area contributed by atoms with Gasteiger partial charge in [-0.15, -0.1) is 0 Å². The molecule has 4 nitrogen and oxygen atoms in total. The standard InChI is InChI=1S/C12H13BrO4/c1-17-12(16)10-6-8(7-13)2-3-9(10)4-5-11(14)15/h2-3,6H,4-5,7H2,1H3,(H,14,15). The highest BCUT2D eigenvalue weighted by Crippen LogP contribution is 2.17. The van der Waals surface area contributed by atoms with E-state index in [9.17, 15) is 9.59 Å². The van der Waals surface area contributed by atoms with Gasteiger partial charge in [0.25, 0.3) is 0 Å². The van der Waals surface area contributed by atoms with Crippen LogP contribution >= 0.6 is 15.9 Å². The zero-order chi connectivity index (χ0) is 12.8. The van der Waals surface area contributed by atoms with Crippen LogP contribution < -0.4 is 0 Å². The third-order valence-corrected chi connectivity index (χ3v) is 2.99. The molecule has 0 radical (unpaired) electrons. The monoisotopic (exact) mass is 300 g/mol. The van der Waals surface area contributed by atoms with Crippen molar-refractivity contribution < 1.29 is 19.4 Å². The van der Waals surface area contributed by atoms with Crippen molar-refractivity contribution in [2.75, 3.05) is 7.11 Å². The quantitative estimate of drug-likeness (QED) is 0.670. The van der Waals surface area contributed by atoms with Gasteiger partial charge in [-0.3, -0.25) is 4.79 Å². The number of aliphatic carboxylic acids is 1. The molecular weight excluding hydrogens is 288 g/mol. The fraction of sp³-hybridized carbons (Fsp3) is 0.333. The number of rotatable bonds is 5. The van der Waals surface area contributed by atoms with Crippen molar-refractivity contribution in [3.63, 3.8) is 0 Å². The van der Waals surface area contributed by atoms with E-state index in [0.717, 1.165) is 5.56 Å². The summed E-state index contributed by atoms with van der Waals surface area (Å²) in [6.45, 7) is 0. The Morgan fingerprint density at radius 2 is 2.12 bits per heavy atom. The van der Waals surface area contributed by atoms with Crippen molar-refractivity contribution in [1.82, 2.24) is 0 Å². The number of esters is 1. The van der Waals surface area contributed by atoms with Crippen molar-refractivity contribution in [2.24, 2.45) is 0 Å². The van der Waals surface area contributed by atoms with E-state index in [1.165, 1.54) is 7.11 Å². The van der Waals surface area contributed by atoms with Crippen molar-refractivity contribution in [3.05, 3.63) is 34.9 Å². The van der Waals surface area contributed by atoms with Gasteiger partial charge in [0.15, 0.2) is 0 Å². The minimum absolute atomic E-state index is 0.00233. The lowest BCUT2D eigenvalue weighted by Crippen LogP contribution is -2.08. The predicted molar refractivity (Wildman–Crippen MR) is 66.4 cm³/mol. The molecule has 0 atom stereocenters. The van der Waals surface area contributed by atoms with Gasteiger partial charge in [0.2, 0.25) is 0 Å². The van der Waals surface area contributed by atoms with Gasteiger partial charge in [-0.05, 0) is 23.6 Å². The number of carboxylic acid groups (broad SMARTS) is 1. The van der Waals surface area contributed by atoms with E-state index < -0.39 is 11.9 Å². The Bertz CT molecular complexity index is 429. The summed E-state index contributed by atoms with van der Waals surface area (Å²) >= 11 is 3.30. The van der Waals surface area contributed by atoms with E-state index in [0.29, 0.717) is 22.9 Å². The van der Waals surface area contributed by atoms with E-state index in [1.54, 1.807) is 12.1 Å². The number of alkyl halides is 1. The number of hydrogen-bond acceptors (Lipinski definition) is 3. The predicted octanol–water partition coefficient (Wildman–Crippen LogP) is 2.39. The third-order valence-electron chi connectivity index (χ3n) is 2.34. The molecule has 0 amide bonds. The maximum atomic E-state index is 11.6. The molecule has 17 heavy (non-hydrogen) atoms. The molecule has 0 fully saturated rings. The van der Waals surface area contributed by atoms with Crippen LogP contribution in [0.2, 0.25) is 0 Å². The zero-order valence-electron chi connectivity index (χ0n) is 9.40. The molecule has 1 aromatic rings. The van der Waals surface area contributed by atoms with Gasteiger partial charge in [-0.25, -0.2) is 4.79 Å². The van der Waals surface area contributed by atoms with Crippen molar-refractivity contribution in [2.45, 2.75) is 18.2 Å². The average Bonchev–Trinajstić information content (AvgIpc) is 2.35. The van der Waals surface area contributed by atoms with Crippen LogP contribution in [0.3, 0.4) is 0 Å². The smallest absolute Gasteiger partial charge is 0.338 e. The molecular formula is C12H13BrO4. The van der Waals surface area contributed by atoms with Gasteiger partial charge in [0, 0.05) is 11.8 Å². The van der Waals surface area contributed by atoms with Gasteiger partial charge >= 0.3 is 11.9 Å². The molecule has 1 aromatic carbocycles. The minimum Gasteiger partial charge on any atom is -0.481 e. The van der Waals surface area contributed by atoms with Gasteiger partial charge in [0.1, 0.15) is 0 Å². The number of carboxylic acids is 1. The average molecular weight is 301 g/mol. The van der Waals surface area contributed by atoms with Crippen LogP contribution in [-0.2, 0) is 21.3 Å². The number of benzene rings is 1. The molecule has 5 heteroatoms. The molecule has 0 saturated heterocycles. The Morgan fingerprint density at radius 3 is 2.65 bits per heavy atom. The Labute approximate surface area is 108 Å². The second-order valence-corrected chi connectivity index (χ2v) is 4.07. The van der Waals surface area contributed by atoms with Crippen LogP contribution in [-0.4, -0.2) is 24.2 Å². The van der Waals surface area contributed by atoms with E-state index in [1.807, 2.05) is 6.07 Å². The summed E-state index contributed by atoms with van der Waals surface area (Å²) in [6.07, 6.45) is 0.319. The molecule has 0 aliphatic heterocycles. The van der Waals surface area contributed by atoms with E-state index >= 15 is 0 Å². The summed E-state index contributed by atoms with van der Waals surface area (Å²) in [5, 5.41) is 9.27. The van der Waals surface area contributed by atoms with Gasteiger partial charge < -0.3 is 9.84 Å². The molecule has 1 N–H and O–H groups in total. The first-order valence-electron chi connectivity index (χ1n) is 5.06. The molecule has 0 bridgehead atoms. The number of carbonyl (C=O) groups is 2. The fourth-order valence-electron chi connectivity index (χ4n) is 1.47. The van der Waals surface area contributed by atoms with E-state index in [-0.39, 0.29) is 6.42 Å². The lowest BCUT2D eigenvalue weighted by molar-refractivity contribution is -0.136. The molecule has 92 valence electrons. The first kappa shape index (κ1) is 13.7. The Hall–Kier alpha value is -1.36. The summed E-state index contributed by atoms with van der Waals surface area (Å²) in [6, 6.07) is 5.35. The molecule has 0 aliphatic carbocycles. The summed E-state index contributed by atoms with van der Waals surface area (Å²) in [5.74, 6) is -1.32. The molecule has 0 unspecified atom stereocenters. The summed E-state index contributed by atoms with van der Waals surface area (Å²) in [7, 11) is 1.31. The highest BCUT2D eigenvalue weighted by atomic mass is 79.9. The number of halogens is 1. The number of hydrogen-bond donors (Lipinski definition) is 1. The van der Waals surface area contributed by atoms with Crippen LogP contribution in [0.5, 0.6) is 0 Å². The minimum atomic E-state index is -0.884. The van der Waals surface area contributed by atoms with Crippen molar-refractivity contribution >= 4 is 27.9 Å². The molecule has 1 rings (SSSR count). The molecule has 0 saturated carbocycles. The number of aryl methyl sites for hydroxylation is 1. The van der Waals surface area contributed by atoms with Gasteiger partial charge in [-0.2, -0.15) is 0 Å². The molecule has 0 aliphatic rings. The molecule has 0 aromatic heterocycles. The number of ether oxygens (including phenoxy) is 1. The first-order chi connectivity index (χ1) is 8.08. The largest absolute Gasteiger partial charge is 0.481 e. The van der Waals surface area contributed by atoms with Crippen molar-refractivity contribution in [1.29, 1.82) is 0 Å². The maximum absolute atomic E-state index is 11.6. The maximum Gasteiger partial charge on any atom is 0.338 e. The molecule has 0 heterocycles. The SMILES string of the molecule is COC(=O)c1cc(CBr)ccc1CCC(=O)O. The highest BCUT2D eigenvalue weighted by molar-refractivity contribution is 9.08. The Morgan fingerprint density at radius 1 is 1.41 bits per heavy atom. The topological polar surface area (TPSA) is 63.6 Å². The lowest BCUT2D eigenvalue weighted by atomic mass is 10.0. The van der Waals surface area contributed by atoms with Crippen LogP contribution in [0, 0.1) is 0 Å². The fourth-order valence-corrected chi connectivity index (χ4v) is 1.82. The summed E-state index contributed by atoms with van der Waals surface area (Å²) in [4.78, 5) is 22.1. The second-order valence-electron chi connectivity index (χ2n) is 3.51. The van der Waals surface area contributed by atoms with E-state index in [4.69, 9.17) is 5.11 Å². The second kappa shape index (κ2) is 6.39. The first-order valence-corrected chi connectivity index (χ1v) is 6.18. The van der Waals surface area contributed by atoms with Crippen molar-refractivity contribution in [3.8, 4) is 0 Å². The zero-order valence-corrected chi connectivity index (χ0v) is 11.0. The van der Waals surface area contributed by atoms with Crippen LogP contribution in [0.4, 0.5) is 0 Å². The van der Waals surface area contributed by atoms with Gasteiger partial charge in [0.05, 0.1) is 12.7 Å². The normalized spacial score (nSPS) is 10.0. The van der Waals surface area contributed by atoms with Gasteiger partial charge in [-0.1, -0.05) is 28.1 Å². The summed E-state index contributed by atoms with van der Waals surface area (Å²) < 4.78 is 4.68. The number of carbonyl (C=O) groups excluding carboxylic acids is 1. The van der Waals surface area contributed by atoms with Crippen LogP contribution in [0.15, 0.2) is 18.2 Å². The number of methoxy groups -OCH3 is 1.